The van der Waals surface area contributed by atoms with Crippen molar-refractivity contribution in [1.29, 1.82) is 0 Å². The average Bonchev–Trinajstić information content (AvgIpc) is 3.15. The monoisotopic (exact) mass is 556 g/mol. The van der Waals surface area contributed by atoms with Crippen LogP contribution in [0.1, 0.15) is 44.8 Å². The van der Waals surface area contributed by atoms with E-state index in [0.717, 1.165) is 43.6 Å². The van der Waals surface area contributed by atoms with Gasteiger partial charge in [-0.2, -0.15) is 5.10 Å². The van der Waals surface area contributed by atoms with Gasteiger partial charge in [-0.05, 0) is 101 Å². The molecule has 3 aromatic carbocycles. The minimum absolute atomic E-state index is 0.118. The van der Waals surface area contributed by atoms with Gasteiger partial charge < -0.3 is 4.57 Å². The Balaban J connectivity index is 1.60. The van der Waals surface area contributed by atoms with Gasteiger partial charge in [0.05, 0.1) is 22.5 Å². The SMILES string of the molecule is Cc1ccc(S(=O)(=O)N(CC(=O)N/N=C\c2cc(C)n(-c3c(C)cccc3C)c2C)c2cc(C)cc(C)c2)cc1. The number of anilines is 1. The lowest BCUT2D eigenvalue weighted by molar-refractivity contribution is -0.119. The number of hydrazone groups is 1. The van der Waals surface area contributed by atoms with Crippen LogP contribution in [0.15, 0.2) is 76.7 Å². The Bertz CT molecular complexity index is 1660. The van der Waals surface area contributed by atoms with Crippen LogP contribution in [-0.2, 0) is 14.8 Å². The van der Waals surface area contributed by atoms with Crippen LogP contribution < -0.4 is 9.73 Å². The van der Waals surface area contributed by atoms with Crippen LogP contribution in [0, 0.1) is 48.5 Å². The lowest BCUT2D eigenvalue weighted by atomic mass is 10.1. The first-order valence-electron chi connectivity index (χ1n) is 13.1. The molecule has 0 radical (unpaired) electrons. The van der Waals surface area contributed by atoms with Crippen LogP contribution in [0.2, 0.25) is 0 Å². The van der Waals surface area contributed by atoms with Crippen LogP contribution in [0.5, 0.6) is 0 Å². The van der Waals surface area contributed by atoms with Crippen molar-refractivity contribution < 1.29 is 13.2 Å². The number of para-hydroxylation sites is 1. The van der Waals surface area contributed by atoms with Gasteiger partial charge in [0.25, 0.3) is 15.9 Å². The van der Waals surface area contributed by atoms with Gasteiger partial charge in [-0.25, -0.2) is 13.8 Å². The van der Waals surface area contributed by atoms with Crippen molar-refractivity contribution in [3.63, 3.8) is 0 Å². The molecule has 7 nitrogen and oxygen atoms in total. The van der Waals surface area contributed by atoms with E-state index in [-0.39, 0.29) is 4.90 Å². The standard InChI is InChI=1S/C32H36N4O3S/c1-21-11-13-30(14-12-21)40(38,39)35(29-16-22(2)15-23(3)17-29)20-31(37)34-33-19-28-18-26(6)36(27(28)7)32-24(4)9-8-10-25(32)5/h8-19H,20H2,1-7H3,(H,34,37)/b33-19-. The number of benzene rings is 3. The first-order chi connectivity index (χ1) is 18.9. The summed E-state index contributed by atoms with van der Waals surface area (Å²) < 4.78 is 30.7. The number of amides is 1. The predicted molar refractivity (Wildman–Crippen MR) is 162 cm³/mol. The largest absolute Gasteiger partial charge is 0.317 e. The minimum atomic E-state index is -4.01. The van der Waals surface area contributed by atoms with Crippen molar-refractivity contribution in [3.8, 4) is 5.69 Å². The summed E-state index contributed by atoms with van der Waals surface area (Å²) >= 11 is 0. The third kappa shape index (κ3) is 6.02. The molecule has 208 valence electrons. The Morgan fingerprint density at radius 1 is 0.850 bits per heavy atom. The van der Waals surface area contributed by atoms with Crippen LogP contribution in [-0.4, -0.2) is 31.7 Å². The highest BCUT2D eigenvalue weighted by atomic mass is 32.2. The molecule has 1 aromatic heterocycles. The van der Waals surface area contributed by atoms with Crippen molar-refractivity contribution >= 4 is 27.8 Å². The number of hydrogen-bond donors (Lipinski definition) is 1. The topological polar surface area (TPSA) is 83.8 Å². The van der Waals surface area contributed by atoms with E-state index in [2.05, 4.69) is 41.1 Å². The summed E-state index contributed by atoms with van der Waals surface area (Å²) in [5, 5.41) is 4.18. The van der Waals surface area contributed by atoms with Crippen LogP contribution in [0.25, 0.3) is 5.69 Å². The molecular formula is C32H36N4O3S. The molecule has 0 unspecified atom stereocenters. The molecule has 4 rings (SSSR count). The Labute approximate surface area is 237 Å². The highest BCUT2D eigenvalue weighted by molar-refractivity contribution is 7.92. The number of carbonyl (C=O) groups excluding carboxylic acids is 1. The van der Waals surface area contributed by atoms with Crippen LogP contribution in [0.3, 0.4) is 0 Å². The normalized spacial score (nSPS) is 11.7. The van der Waals surface area contributed by atoms with Crippen LogP contribution in [0.4, 0.5) is 5.69 Å². The van der Waals surface area contributed by atoms with Gasteiger partial charge >= 0.3 is 0 Å². The van der Waals surface area contributed by atoms with Gasteiger partial charge in [-0.1, -0.05) is 42.0 Å². The van der Waals surface area contributed by atoms with Crippen molar-refractivity contribution in [2.45, 2.75) is 53.4 Å². The lowest BCUT2D eigenvalue weighted by Gasteiger charge is -2.24. The van der Waals surface area contributed by atoms with E-state index in [1.165, 1.54) is 11.1 Å². The molecule has 0 saturated carbocycles. The van der Waals surface area contributed by atoms with Gasteiger partial charge in [-0.15, -0.1) is 0 Å². The maximum Gasteiger partial charge on any atom is 0.264 e. The van der Waals surface area contributed by atoms with Crippen molar-refractivity contribution in [1.82, 2.24) is 9.99 Å². The molecule has 40 heavy (non-hydrogen) atoms. The van der Waals surface area contributed by atoms with Gasteiger partial charge in [0.2, 0.25) is 0 Å². The summed E-state index contributed by atoms with van der Waals surface area (Å²) in [6.45, 7) is 13.5. The molecule has 1 N–H and O–H groups in total. The van der Waals surface area contributed by atoms with E-state index >= 15 is 0 Å². The molecule has 4 aromatic rings. The summed E-state index contributed by atoms with van der Waals surface area (Å²) in [6.07, 6.45) is 1.60. The van der Waals surface area contributed by atoms with Gasteiger partial charge in [0.15, 0.2) is 0 Å². The Kier molecular flexibility index (Phi) is 8.30. The zero-order chi connectivity index (χ0) is 29.2. The van der Waals surface area contributed by atoms with Gasteiger partial charge in [-0.3, -0.25) is 9.10 Å². The fourth-order valence-corrected chi connectivity index (χ4v) is 6.41. The molecule has 1 amide bonds. The number of rotatable bonds is 8. The highest BCUT2D eigenvalue weighted by Gasteiger charge is 2.27. The van der Waals surface area contributed by atoms with Gasteiger partial charge in [0, 0.05) is 17.0 Å². The molecule has 8 heteroatoms. The smallest absolute Gasteiger partial charge is 0.264 e. The highest BCUT2D eigenvalue weighted by Crippen LogP contribution is 2.27. The summed E-state index contributed by atoms with van der Waals surface area (Å²) in [7, 11) is -4.01. The molecular weight excluding hydrogens is 520 g/mol. The van der Waals surface area contributed by atoms with Crippen molar-refractivity contribution in [2.24, 2.45) is 5.10 Å². The second kappa shape index (κ2) is 11.5. The molecule has 0 fully saturated rings. The number of nitrogens with one attached hydrogen (secondary N) is 1. The first-order valence-corrected chi connectivity index (χ1v) is 14.6. The van der Waals surface area contributed by atoms with Gasteiger partial charge in [0.1, 0.15) is 6.54 Å². The number of hydrogen-bond acceptors (Lipinski definition) is 4. The fourth-order valence-electron chi connectivity index (χ4n) is 5.01. The van der Waals surface area contributed by atoms with Crippen molar-refractivity contribution in [3.05, 3.63) is 111 Å². The van der Waals surface area contributed by atoms with Crippen LogP contribution >= 0.6 is 0 Å². The molecule has 0 bridgehead atoms. The molecule has 0 saturated heterocycles. The number of aryl methyl sites for hydroxylation is 6. The van der Waals surface area contributed by atoms with E-state index in [0.29, 0.717) is 5.69 Å². The summed E-state index contributed by atoms with van der Waals surface area (Å²) in [4.78, 5) is 13.2. The van der Waals surface area contributed by atoms with E-state index in [4.69, 9.17) is 0 Å². The maximum atomic E-state index is 13.7. The quantitative estimate of drug-likeness (QED) is 0.214. The second-order valence-electron chi connectivity index (χ2n) is 10.4. The number of nitrogens with zero attached hydrogens (tertiary/aromatic N) is 3. The summed E-state index contributed by atoms with van der Waals surface area (Å²) in [5.41, 5.74) is 12.1. The predicted octanol–water partition coefficient (Wildman–Crippen LogP) is 5.98. The maximum absolute atomic E-state index is 13.7. The summed E-state index contributed by atoms with van der Waals surface area (Å²) in [6, 6.07) is 20.3. The summed E-state index contributed by atoms with van der Waals surface area (Å²) in [5.74, 6) is -0.547. The Hall–Kier alpha value is -4.17. The Morgan fingerprint density at radius 2 is 1.45 bits per heavy atom. The van der Waals surface area contributed by atoms with E-state index in [9.17, 15) is 13.2 Å². The minimum Gasteiger partial charge on any atom is -0.317 e. The second-order valence-corrected chi connectivity index (χ2v) is 12.2. The van der Waals surface area contributed by atoms with Crippen molar-refractivity contribution in [2.75, 3.05) is 10.8 Å². The zero-order valence-corrected chi connectivity index (χ0v) is 24.9. The third-order valence-corrected chi connectivity index (χ3v) is 8.70. The number of carbonyl (C=O) groups is 1. The van der Waals surface area contributed by atoms with E-state index in [1.54, 1.807) is 42.6 Å². The molecule has 0 atom stereocenters. The van der Waals surface area contributed by atoms with E-state index in [1.807, 2.05) is 52.8 Å². The third-order valence-electron chi connectivity index (χ3n) is 6.92. The fraction of sp³-hybridized carbons (Fsp3) is 0.250. The molecule has 1 heterocycles. The zero-order valence-electron chi connectivity index (χ0n) is 24.1. The molecule has 0 spiro atoms. The molecule has 0 aliphatic heterocycles. The molecule has 0 aliphatic carbocycles. The van der Waals surface area contributed by atoms with E-state index < -0.39 is 22.5 Å². The lowest BCUT2D eigenvalue weighted by Crippen LogP contribution is -2.39. The number of sulfonamides is 1. The average molecular weight is 557 g/mol. The Morgan fingerprint density at radius 3 is 2.05 bits per heavy atom. The molecule has 0 aliphatic rings. The first kappa shape index (κ1) is 28.8. The number of aromatic nitrogens is 1.